The molecule has 0 unspecified atom stereocenters. The number of benzene rings is 3. The standard InChI is InChI=1S/C38H41ClN2O11/c1-8-49-29-17-24(14-22-15-31(37(45)48-7)52-33(22)29)40-32(43)18-30-36(44)41(19-38(3,4)20-50-21(2)42)27-13-12-23(39)16-26(27)34(51-30)25-10-9-11-28(46-5)35(25)47-6/h9-17,30,34H,8,18-20H2,1-7H3,(H,40,43)/t30-,34-/m1/s1. The van der Waals surface area contributed by atoms with Crippen LogP contribution in [-0.4, -0.2) is 70.9 Å². The first-order valence-electron chi connectivity index (χ1n) is 16.5. The van der Waals surface area contributed by atoms with Crippen LogP contribution in [0.5, 0.6) is 17.2 Å². The summed E-state index contributed by atoms with van der Waals surface area (Å²) in [5.74, 6) is -1.08. The highest BCUT2D eigenvalue weighted by Gasteiger charge is 2.41. The van der Waals surface area contributed by atoms with Gasteiger partial charge in [0, 0.05) is 57.9 Å². The number of rotatable bonds is 13. The fourth-order valence-corrected chi connectivity index (χ4v) is 6.22. The van der Waals surface area contributed by atoms with Gasteiger partial charge in [0.05, 0.1) is 41.0 Å². The molecule has 2 heterocycles. The van der Waals surface area contributed by atoms with Gasteiger partial charge in [-0.05, 0) is 43.3 Å². The number of hydrogen-bond donors (Lipinski definition) is 1. The van der Waals surface area contributed by atoms with Crippen LogP contribution in [-0.2, 0) is 28.6 Å². The normalized spacial score (nSPS) is 15.8. The van der Waals surface area contributed by atoms with E-state index in [4.69, 9.17) is 44.4 Å². The van der Waals surface area contributed by atoms with Crippen molar-refractivity contribution in [3.8, 4) is 17.2 Å². The number of halogens is 1. The first kappa shape index (κ1) is 38.0. The molecule has 0 saturated heterocycles. The Balaban J connectivity index is 1.56. The maximum Gasteiger partial charge on any atom is 0.373 e. The molecule has 4 aromatic rings. The van der Waals surface area contributed by atoms with Gasteiger partial charge in [0.25, 0.3) is 5.91 Å². The van der Waals surface area contributed by atoms with Crippen molar-refractivity contribution in [2.75, 3.05) is 51.3 Å². The van der Waals surface area contributed by atoms with Gasteiger partial charge in [-0.1, -0.05) is 37.6 Å². The van der Waals surface area contributed by atoms with Gasteiger partial charge in [0.2, 0.25) is 11.7 Å². The summed E-state index contributed by atoms with van der Waals surface area (Å²) in [5.41, 5.74) is 1.51. The summed E-state index contributed by atoms with van der Waals surface area (Å²) in [7, 11) is 4.25. The maximum absolute atomic E-state index is 14.6. The van der Waals surface area contributed by atoms with Gasteiger partial charge in [-0.25, -0.2) is 4.79 Å². The Hall–Kier alpha value is -5.27. The predicted molar refractivity (Wildman–Crippen MR) is 192 cm³/mol. The van der Waals surface area contributed by atoms with Gasteiger partial charge < -0.3 is 43.1 Å². The molecule has 13 nitrogen and oxygen atoms in total. The molecule has 1 aliphatic rings. The first-order valence-corrected chi connectivity index (χ1v) is 16.9. The number of hydrogen-bond acceptors (Lipinski definition) is 11. The molecule has 3 aromatic carbocycles. The lowest BCUT2D eigenvalue weighted by atomic mass is 9.92. The summed E-state index contributed by atoms with van der Waals surface area (Å²) in [4.78, 5) is 53.9. The van der Waals surface area contributed by atoms with Gasteiger partial charge >= 0.3 is 11.9 Å². The van der Waals surface area contributed by atoms with Gasteiger partial charge in [-0.3, -0.25) is 14.4 Å². The molecule has 0 spiro atoms. The fourth-order valence-electron chi connectivity index (χ4n) is 6.04. The number of fused-ring (bicyclic) bond motifs is 2. The zero-order chi connectivity index (χ0) is 37.7. The third-order valence-corrected chi connectivity index (χ3v) is 8.53. The van der Waals surface area contributed by atoms with Crippen LogP contribution in [0, 0.1) is 5.41 Å². The number of anilines is 2. The molecular weight excluding hydrogens is 696 g/mol. The molecule has 1 N–H and O–H groups in total. The molecule has 0 saturated carbocycles. The molecule has 14 heteroatoms. The molecule has 1 aromatic heterocycles. The van der Waals surface area contributed by atoms with E-state index in [9.17, 15) is 19.2 Å². The van der Waals surface area contributed by atoms with Crippen molar-refractivity contribution in [2.24, 2.45) is 5.41 Å². The molecular formula is C38H41ClN2O11. The largest absolute Gasteiger partial charge is 0.493 e. The molecule has 0 bridgehead atoms. The van der Waals surface area contributed by atoms with Crippen molar-refractivity contribution in [3.63, 3.8) is 0 Å². The molecule has 5 rings (SSSR count). The summed E-state index contributed by atoms with van der Waals surface area (Å²) in [5, 5.41) is 3.73. The average molecular weight is 737 g/mol. The number of furan rings is 1. The third-order valence-electron chi connectivity index (χ3n) is 8.30. The van der Waals surface area contributed by atoms with E-state index in [-0.39, 0.29) is 25.5 Å². The number of nitrogens with zero attached hydrogens (tertiary/aromatic N) is 1. The lowest BCUT2D eigenvalue weighted by molar-refractivity contribution is -0.144. The number of methoxy groups -OCH3 is 3. The van der Waals surface area contributed by atoms with E-state index < -0.39 is 47.8 Å². The molecule has 52 heavy (non-hydrogen) atoms. The van der Waals surface area contributed by atoms with Gasteiger partial charge in [-0.2, -0.15) is 0 Å². The zero-order valence-corrected chi connectivity index (χ0v) is 30.8. The van der Waals surface area contributed by atoms with E-state index in [0.717, 1.165) is 0 Å². The van der Waals surface area contributed by atoms with Crippen LogP contribution in [0.4, 0.5) is 11.4 Å². The summed E-state index contributed by atoms with van der Waals surface area (Å²) < 4.78 is 39.5. The maximum atomic E-state index is 14.6. The summed E-state index contributed by atoms with van der Waals surface area (Å²) in [6.07, 6.45) is -2.65. The topological polar surface area (TPSA) is 152 Å². The number of para-hydroxylation sites is 1. The lowest BCUT2D eigenvalue weighted by Crippen LogP contribution is -2.46. The van der Waals surface area contributed by atoms with Crippen LogP contribution >= 0.6 is 11.6 Å². The number of amides is 2. The van der Waals surface area contributed by atoms with Gasteiger partial charge in [-0.15, -0.1) is 0 Å². The van der Waals surface area contributed by atoms with E-state index in [2.05, 4.69) is 5.32 Å². The Morgan fingerprint density at radius 3 is 2.42 bits per heavy atom. The van der Waals surface area contributed by atoms with E-state index >= 15 is 0 Å². The minimum atomic E-state index is -1.31. The lowest BCUT2D eigenvalue weighted by Gasteiger charge is -2.33. The molecule has 1 aliphatic heterocycles. The number of carbonyl (C=O) groups is 4. The van der Waals surface area contributed by atoms with Crippen molar-refractivity contribution >= 4 is 57.7 Å². The molecule has 276 valence electrons. The zero-order valence-electron chi connectivity index (χ0n) is 30.0. The van der Waals surface area contributed by atoms with Crippen LogP contribution in [0.25, 0.3) is 11.0 Å². The highest BCUT2D eigenvalue weighted by atomic mass is 35.5. The fraction of sp³-hybridized carbons (Fsp3) is 0.368. The number of ether oxygens (including phenoxy) is 6. The van der Waals surface area contributed by atoms with E-state index in [1.807, 2.05) is 13.8 Å². The smallest absolute Gasteiger partial charge is 0.373 e. The quantitative estimate of drug-likeness (QED) is 0.146. The van der Waals surface area contributed by atoms with E-state index in [1.54, 1.807) is 60.4 Å². The first-order chi connectivity index (χ1) is 24.8. The van der Waals surface area contributed by atoms with Crippen LogP contribution < -0.4 is 24.4 Å². The predicted octanol–water partition coefficient (Wildman–Crippen LogP) is 6.73. The van der Waals surface area contributed by atoms with Crippen molar-refractivity contribution in [3.05, 3.63) is 76.5 Å². The van der Waals surface area contributed by atoms with Crippen LogP contribution in [0.2, 0.25) is 5.02 Å². The van der Waals surface area contributed by atoms with Crippen LogP contribution in [0.15, 0.2) is 59.0 Å². The van der Waals surface area contributed by atoms with Gasteiger partial charge in [0.1, 0.15) is 12.2 Å². The van der Waals surface area contributed by atoms with Gasteiger partial charge in [0.15, 0.2) is 22.8 Å². The van der Waals surface area contributed by atoms with Crippen molar-refractivity contribution in [1.29, 1.82) is 0 Å². The molecule has 0 fully saturated rings. The van der Waals surface area contributed by atoms with E-state index in [1.165, 1.54) is 34.3 Å². The number of carbonyl (C=O) groups excluding carboxylic acids is 4. The van der Waals surface area contributed by atoms with Crippen LogP contribution in [0.3, 0.4) is 0 Å². The molecule has 2 atom stereocenters. The second-order valence-electron chi connectivity index (χ2n) is 12.8. The second-order valence-corrected chi connectivity index (χ2v) is 13.3. The Bertz CT molecular complexity index is 1990. The van der Waals surface area contributed by atoms with E-state index in [0.29, 0.717) is 55.7 Å². The monoisotopic (exact) mass is 736 g/mol. The molecule has 0 aliphatic carbocycles. The summed E-state index contributed by atoms with van der Waals surface area (Å²) in [6.45, 7) is 7.26. The Labute approximate surface area is 306 Å². The number of nitrogens with one attached hydrogen (secondary N) is 1. The SMILES string of the molecule is CCOc1cc(NC(=O)C[C@H]2O[C@H](c3cccc(OC)c3OC)c3cc(Cl)ccc3N(CC(C)(C)COC(C)=O)C2=O)cc2cc(C(=O)OC)oc12. The third kappa shape index (κ3) is 8.27. The highest BCUT2D eigenvalue weighted by molar-refractivity contribution is 6.30. The molecule has 2 amide bonds. The second kappa shape index (κ2) is 16.0. The van der Waals surface area contributed by atoms with Crippen molar-refractivity contribution < 1.29 is 52.0 Å². The van der Waals surface area contributed by atoms with Crippen molar-refractivity contribution in [1.82, 2.24) is 0 Å². The summed E-state index contributed by atoms with van der Waals surface area (Å²) in [6, 6.07) is 15.1. The van der Waals surface area contributed by atoms with Crippen LogP contribution in [0.1, 0.15) is 61.9 Å². The number of esters is 2. The minimum Gasteiger partial charge on any atom is -0.493 e. The average Bonchev–Trinajstić information content (AvgIpc) is 3.51. The minimum absolute atomic E-state index is 0.0323. The highest BCUT2D eigenvalue weighted by Crippen LogP contribution is 2.46. The Kier molecular flexibility index (Phi) is 11.7. The Morgan fingerprint density at radius 1 is 0.981 bits per heavy atom. The van der Waals surface area contributed by atoms with Crippen molar-refractivity contribution in [2.45, 2.75) is 46.3 Å². The Morgan fingerprint density at radius 2 is 1.75 bits per heavy atom. The summed E-state index contributed by atoms with van der Waals surface area (Å²) >= 11 is 6.55. The molecule has 0 radical (unpaired) electrons.